The molecule has 2 fully saturated rings. The van der Waals surface area contributed by atoms with Crippen LogP contribution < -0.4 is 4.90 Å². The van der Waals surface area contributed by atoms with Gasteiger partial charge in [0, 0.05) is 29.6 Å². The fourth-order valence-corrected chi connectivity index (χ4v) is 2.73. The minimum atomic E-state index is 0.0750. The molecule has 2 saturated carbocycles. The molecule has 20 heavy (non-hydrogen) atoms. The molecular weight excluding hydrogens is 268 g/mol. The Morgan fingerprint density at radius 3 is 2.40 bits per heavy atom. The standard InChI is InChI=1S/C17H25ClN2/c1-17(2,3)15-8-13(10-18)9-16(19-15)20(14-6-7-14)11-12-4-5-12/h8-9,12,14H,4-7,10-11H2,1-3H3. The Kier molecular flexibility index (Phi) is 3.70. The first kappa shape index (κ1) is 14.2. The summed E-state index contributed by atoms with van der Waals surface area (Å²) in [4.78, 5) is 7.51. The number of aromatic nitrogens is 1. The van der Waals surface area contributed by atoms with Crippen molar-refractivity contribution in [3.8, 4) is 0 Å². The summed E-state index contributed by atoms with van der Waals surface area (Å²) in [5, 5.41) is 0. The fraction of sp³-hybridized carbons (Fsp3) is 0.706. The van der Waals surface area contributed by atoms with Gasteiger partial charge in [-0.1, -0.05) is 20.8 Å². The zero-order valence-electron chi connectivity index (χ0n) is 12.8. The topological polar surface area (TPSA) is 16.1 Å². The number of pyridine rings is 1. The molecule has 0 N–H and O–H groups in total. The van der Waals surface area contributed by atoms with Gasteiger partial charge in [-0.2, -0.15) is 0 Å². The van der Waals surface area contributed by atoms with Crippen molar-refractivity contribution >= 4 is 17.4 Å². The third-order valence-corrected chi connectivity index (χ3v) is 4.54. The predicted molar refractivity (Wildman–Crippen MR) is 85.6 cm³/mol. The Bertz CT molecular complexity index is 484. The maximum atomic E-state index is 6.09. The van der Waals surface area contributed by atoms with Gasteiger partial charge in [0.2, 0.25) is 0 Å². The quantitative estimate of drug-likeness (QED) is 0.743. The number of nitrogens with zero attached hydrogens (tertiary/aromatic N) is 2. The van der Waals surface area contributed by atoms with E-state index in [2.05, 4.69) is 37.8 Å². The van der Waals surface area contributed by atoms with Gasteiger partial charge >= 0.3 is 0 Å². The zero-order chi connectivity index (χ0) is 14.3. The van der Waals surface area contributed by atoms with Crippen molar-refractivity contribution in [3.63, 3.8) is 0 Å². The minimum Gasteiger partial charge on any atom is -0.353 e. The second-order valence-corrected chi connectivity index (χ2v) is 7.70. The van der Waals surface area contributed by atoms with Gasteiger partial charge in [0.25, 0.3) is 0 Å². The Balaban J connectivity index is 1.92. The lowest BCUT2D eigenvalue weighted by Crippen LogP contribution is -2.30. The first-order chi connectivity index (χ1) is 9.47. The SMILES string of the molecule is CC(C)(C)c1cc(CCl)cc(N(CC2CC2)C2CC2)n1. The highest BCUT2D eigenvalue weighted by Crippen LogP contribution is 2.38. The van der Waals surface area contributed by atoms with E-state index in [1.807, 2.05) is 0 Å². The van der Waals surface area contributed by atoms with Crippen molar-refractivity contribution < 1.29 is 0 Å². The number of hydrogen-bond acceptors (Lipinski definition) is 2. The summed E-state index contributed by atoms with van der Waals surface area (Å²) in [6, 6.07) is 5.09. The van der Waals surface area contributed by atoms with Crippen LogP contribution in [0.25, 0.3) is 0 Å². The molecule has 110 valence electrons. The molecule has 1 heterocycles. The summed E-state index contributed by atoms with van der Waals surface area (Å²) >= 11 is 6.09. The smallest absolute Gasteiger partial charge is 0.129 e. The largest absolute Gasteiger partial charge is 0.353 e. The van der Waals surface area contributed by atoms with Crippen molar-refractivity contribution in [1.82, 2.24) is 4.98 Å². The Morgan fingerprint density at radius 2 is 1.90 bits per heavy atom. The molecule has 1 aromatic rings. The summed E-state index contributed by atoms with van der Waals surface area (Å²) in [6.07, 6.45) is 5.43. The van der Waals surface area contributed by atoms with E-state index in [0.29, 0.717) is 5.88 Å². The number of anilines is 1. The van der Waals surface area contributed by atoms with Gasteiger partial charge in [0.05, 0.1) is 0 Å². The zero-order valence-corrected chi connectivity index (χ0v) is 13.6. The Hall–Kier alpha value is -0.760. The summed E-state index contributed by atoms with van der Waals surface area (Å²) in [7, 11) is 0. The van der Waals surface area contributed by atoms with Crippen LogP contribution >= 0.6 is 11.6 Å². The molecule has 3 rings (SSSR count). The molecule has 0 spiro atoms. The van der Waals surface area contributed by atoms with E-state index >= 15 is 0 Å². The van der Waals surface area contributed by atoms with E-state index in [1.54, 1.807) is 0 Å². The highest BCUT2D eigenvalue weighted by Gasteiger charge is 2.35. The van der Waals surface area contributed by atoms with E-state index in [4.69, 9.17) is 16.6 Å². The molecular formula is C17H25ClN2. The van der Waals surface area contributed by atoms with Crippen LogP contribution in [-0.4, -0.2) is 17.6 Å². The van der Waals surface area contributed by atoms with Crippen molar-refractivity contribution in [2.45, 2.75) is 63.8 Å². The predicted octanol–water partition coefficient (Wildman–Crippen LogP) is 4.50. The number of hydrogen-bond donors (Lipinski definition) is 0. The summed E-state index contributed by atoms with van der Waals surface area (Å²) in [5.74, 6) is 2.62. The number of alkyl halides is 1. The van der Waals surface area contributed by atoms with Gasteiger partial charge in [-0.25, -0.2) is 4.98 Å². The van der Waals surface area contributed by atoms with Crippen molar-refractivity contribution in [2.75, 3.05) is 11.4 Å². The van der Waals surface area contributed by atoms with Gasteiger partial charge in [0.15, 0.2) is 0 Å². The van der Waals surface area contributed by atoms with Crippen LogP contribution in [-0.2, 0) is 11.3 Å². The average molecular weight is 293 g/mol. The van der Waals surface area contributed by atoms with E-state index in [-0.39, 0.29) is 5.41 Å². The van der Waals surface area contributed by atoms with Crippen LogP contribution in [0, 0.1) is 5.92 Å². The van der Waals surface area contributed by atoms with Crippen LogP contribution in [0.5, 0.6) is 0 Å². The van der Waals surface area contributed by atoms with Crippen LogP contribution in [0.3, 0.4) is 0 Å². The highest BCUT2D eigenvalue weighted by atomic mass is 35.5. The van der Waals surface area contributed by atoms with Gasteiger partial charge in [-0.3, -0.25) is 0 Å². The molecule has 0 atom stereocenters. The van der Waals surface area contributed by atoms with Crippen LogP contribution in [0.1, 0.15) is 57.7 Å². The van der Waals surface area contributed by atoms with E-state index in [9.17, 15) is 0 Å². The molecule has 1 aromatic heterocycles. The molecule has 2 aliphatic carbocycles. The molecule has 0 saturated heterocycles. The molecule has 3 heteroatoms. The molecule has 0 radical (unpaired) electrons. The monoisotopic (exact) mass is 292 g/mol. The lowest BCUT2D eigenvalue weighted by molar-refractivity contribution is 0.565. The van der Waals surface area contributed by atoms with E-state index in [1.165, 1.54) is 37.8 Å². The lowest BCUT2D eigenvalue weighted by Gasteiger charge is -2.27. The second-order valence-electron chi connectivity index (χ2n) is 7.43. The molecule has 0 aliphatic heterocycles. The fourth-order valence-electron chi connectivity index (χ4n) is 2.57. The summed E-state index contributed by atoms with van der Waals surface area (Å²) < 4.78 is 0. The van der Waals surface area contributed by atoms with Gasteiger partial charge in [0.1, 0.15) is 5.82 Å². The van der Waals surface area contributed by atoms with Crippen molar-refractivity contribution in [3.05, 3.63) is 23.4 Å². The number of rotatable bonds is 5. The lowest BCUT2D eigenvalue weighted by atomic mass is 9.91. The van der Waals surface area contributed by atoms with Crippen molar-refractivity contribution in [1.29, 1.82) is 0 Å². The van der Waals surface area contributed by atoms with E-state index in [0.717, 1.165) is 23.5 Å². The maximum absolute atomic E-state index is 6.09. The van der Waals surface area contributed by atoms with Crippen LogP contribution in [0.4, 0.5) is 5.82 Å². The minimum absolute atomic E-state index is 0.0750. The highest BCUT2D eigenvalue weighted by molar-refractivity contribution is 6.17. The number of halogens is 1. The first-order valence-corrected chi connectivity index (χ1v) is 8.35. The first-order valence-electron chi connectivity index (χ1n) is 7.81. The molecule has 0 bridgehead atoms. The molecule has 2 nitrogen and oxygen atoms in total. The van der Waals surface area contributed by atoms with Crippen LogP contribution in [0.2, 0.25) is 0 Å². The molecule has 0 unspecified atom stereocenters. The summed E-state index contributed by atoms with van der Waals surface area (Å²) in [6.45, 7) is 7.85. The van der Waals surface area contributed by atoms with Crippen LogP contribution in [0.15, 0.2) is 12.1 Å². The van der Waals surface area contributed by atoms with Crippen molar-refractivity contribution in [2.24, 2.45) is 5.92 Å². The normalized spacial score (nSPS) is 19.2. The third-order valence-electron chi connectivity index (χ3n) is 4.23. The molecule has 0 amide bonds. The third kappa shape index (κ3) is 3.28. The molecule has 2 aliphatic rings. The van der Waals surface area contributed by atoms with Gasteiger partial charge in [-0.05, 0) is 49.3 Å². The Labute approximate surface area is 127 Å². The second kappa shape index (κ2) is 5.22. The molecule has 0 aromatic carbocycles. The average Bonchev–Trinajstić information content (AvgIpc) is 3.26. The van der Waals surface area contributed by atoms with E-state index < -0.39 is 0 Å². The van der Waals surface area contributed by atoms with Gasteiger partial charge in [-0.15, -0.1) is 11.6 Å². The van der Waals surface area contributed by atoms with Gasteiger partial charge < -0.3 is 4.90 Å². The maximum Gasteiger partial charge on any atom is 0.129 e. The Morgan fingerprint density at radius 1 is 1.20 bits per heavy atom. The summed E-state index contributed by atoms with van der Waals surface area (Å²) in [5.41, 5.74) is 2.43.